The van der Waals surface area contributed by atoms with Gasteiger partial charge in [-0.25, -0.2) is 9.18 Å². The number of benzene rings is 2. The highest BCUT2D eigenvalue weighted by Gasteiger charge is 2.64. The highest BCUT2D eigenvalue weighted by Crippen LogP contribution is 2.56. The first-order valence-corrected chi connectivity index (χ1v) is 12.0. The summed E-state index contributed by atoms with van der Waals surface area (Å²) >= 11 is 0. The molecule has 40 heavy (non-hydrogen) atoms. The van der Waals surface area contributed by atoms with Gasteiger partial charge in [-0.15, -0.1) is 0 Å². The highest BCUT2D eigenvalue weighted by molar-refractivity contribution is 6.23. The number of carbonyl (C=O) groups excluding carboxylic acids is 4. The molecule has 0 saturated heterocycles. The van der Waals surface area contributed by atoms with Gasteiger partial charge in [-0.3, -0.25) is 19.7 Å². The number of primary amides is 1. The van der Waals surface area contributed by atoms with E-state index in [0.717, 1.165) is 12.1 Å². The molecule has 5 unspecified atom stereocenters. The molecule has 0 heterocycles. The first-order valence-electron chi connectivity index (χ1n) is 12.0. The molecule has 0 bridgehead atoms. The predicted octanol–water partition coefficient (Wildman–Crippen LogP) is 1.71. The minimum absolute atomic E-state index is 0.00322. The molecule has 0 aromatic heterocycles. The predicted molar refractivity (Wildman–Crippen MR) is 134 cm³/mol. The van der Waals surface area contributed by atoms with Gasteiger partial charge in [0, 0.05) is 23.8 Å². The number of rotatable bonds is 3. The third kappa shape index (κ3) is 3.73. The maximum atomic E-state index is 13.7. The second-order valence-electron chi connectivity index (χ2n) is 9.88. The van der Waals surface area contributed by atoms with E-state index in [1.165, 1.54) is 24.3 Å². The Labute approximate surface area is 224 Å². The summed E-state index contributed by atoms with van der Waals surface area (Å²) in [5.74, 6) is -10.6. The Morgan fingerprint density at radius 2 is 1.75 bits per heavy atom. The molecule has 2 aromatic carbocycles. The van der Waals surface area contributed by atoms with Gasteiger partial charge in [0.15, 0.2) is 11.4 Å². The number of ketones is 2. The van der Waals surface area contributed by atoms with Crippen molar-refractivity contribution >= 4 is 35.0 Å². The number of nitrogens with one attached hydrogen (secondary N) is 1. The van der Waals surface area contributed by atoms with E-state index in [-0.39, 0.29) is 22.6 Å². The Morgan fingerprint density at radius 3 is 2.38 bits per heavy atom. The average molecular weight is 554 g/mol. The summed E-state index contributed by atoms with van der Waals surface area (Å²) in [5.41, 5.74) is 0.378. The molecule has 1 fully saturated rings. The third-order valence-electron chi connectivity index (χ3n) is 7.76. The highest BCUT2D eigenvalue weighted by atomic mass is 19.1. The zero-order valence-corrected chi connectivity index (χ0v) is 20.7. The fourth-order valence-corrected chi connectivity index (χ4v) is 5.84. The summed E-state index contributed by atoms with van der Waals surface area (Å²) in [6, 6.07) is 7.24. The molecule has 208 valence electrons. The lowest BCUT2D eigenvalue weighted by atomic mass is 9.55. The second kappa shape index (κ2) is 9.17. The first kappa shape index (κ1) is 26.8. The topological polar surface area (TPSA) is 217 Å². The Balaban J connectivity index is 1.58. The van der Waals surface area contributed by atoms with Crippen LogP contribution in [-0.2, 0) is 14.4 Å². The van der Waals surface area contributed by atoms with Crippen molar-refractivity contribution in [3.05, 3.63) is 70.2 Å². The normalized spacial score (nSPS) is 27.5. The van der Waals surface area contributed by atoms with Crippen LogP contribution in [-0.4, -0.2) is 60.8 Å². The van der Waals surface area contributed by atoms with Gasteiger partial charge in [-0.05, 0) is 41.8 Å². The van der Waals surface area contributed by atoms with Crippen molar-refractivity contribution in [3.63, 3.8) is 0 Å². The lowest BCUT2D eigenvalue weighted by Gasteiger charge is -2.50. The van der Waals surface area contributed by atoms with E-state index in [1.807, 2.05) is 0 Å². The summed E-state index contributed by atoms with van der Waals surface area (Å²) in [6.45, 7) is 1.57. The minimum atomic E-state index is -2.96. The van der Waals surface area contributed by atoms with Crippen LogP contribution in [0.1, 0.15) is 30.4 Å². The van der Waals surface area contributed by atoms with E-state index in [9.17, 15) is 49.1 Å². The van der Waals surface area contributed by atoms with Crippen LogP contribution in [0.3, 0.4) is 0 Å². The van der Waals surface area contributed by atoms with E-state index in [2.05, 4.69) is 5.32 Å². The summed E-state index contributed by atoms with van der Waals surface area (Å²) in [4.78, 5) is 50.3. The molecule has 3 aliphatic rings. The monoisotopic (exact) mass is 554 g/mol. The van der Waals surface area contributed by atoms with Crippen LogP contribution in [0.15, 0.2) is 53.3 Å². The molecule has 1 saturated carbocycles. The van der Waals surface area contributed by atoms with Crippen LogP contribution < -0.4 is 15.8 Å². The first-order chi connectivity index (χ1) is 18.8. The van der Waals surface area contributed by atoms with Crippen LogP contribution in [0.25, 0.3) is 5.76 Å². The molecule has 0 radical (unpaired) electrons. The average Bonchev–Trinajstić information content (AvgIpc) is 2.89. The van der Waals surface area contributed by atoms with Gasteiger partial charge < -0.3 is 36.0 Å². The Hall–Kier alpha value is -4.75. The molecule has 12 nitrogen and oxygen atoms in total. The number of hydrogen-bond acceptors (Lipinski definition) is 10. The van der Waals surface area contributed by atoms with Crippen LogP contribution in [0.4, 0.5) is 14.9 Å². The maximum absolute atomic E-state index is 13.7. The van der Waals surface area contributed by atoms with Crippen LogP contribution in [0.2, 0.25) is 0 Å². The lowest BCUT2D eigenvalue weighted by Crippen LogP contribution is -2.63. The van der Waals surface area contributed by atoms with Gasteiger partial charge >= 0.3 is 6.09 Å². The van der Waals surface area contributed by atoms with E-state index in [0.29, 0.717) is 0 Å². The molecule has 0 aliphatic heterocycles. The van der Waals surface area contributed by atoms with Crippen LogP contribution in [0.5, 0.6) is 11.5 Å². The SMILES string of the molecule is CC1c2ccc(NC(=O)Oc3ccc(F)cc3)c(O)c2C(O)=C2C(=O)C3(O)C(O)=C(C(N)=O)C(=O)CC3C(O)C21. The number of anilines is 1. The number of phenolic OH excluding ortho intramolecular Hbond substituents is 1. The number of aromatic hydroxyl groups is 1. The molecule has 5 atom stereocenters. The van der Waals surface area contributed by atoms with Crippen LogP contribution in [0, 0.1) is 17.7 Å². The van der Waals surface area contributed by atoms with Crippen molar-refractivity contribution in [2.24, 2.45) is 17.6 Å². The van der Waals surface area contributed by atoms with Crippen molar-refractivity contribution in [1.82, 2.24) is 0 Å². The standard InChI is InChI=1S/C27H23FN2O10/c1-9-12-6-7-14(30-26(38)40-11-4-2-10(28)3-5-11)21(33)17(12)22(34)19-16(9)20(32)13-8-15(31)18(25(29)37)23(35)27(13,39)24(19)36/h2-7,9,13,16,20,32-35,39H,8H2,1H3,(H2,29,37)(H,30,38). The number of phenols is 1. The van der Waals surface area contributed by atoms with Gasteiger partial charge in [0.25, 0.3) is 5.91 Å². The van der Waals surface area contributed by atoms with Crippen molar-refractivity contribution in [2.45, 2.75) is 31.0 Å². The van der Waals surface area contributed by atoms with E-state index in [4.69, 9.17) is 10.5 Å². The quantitative estimate of drug-likeness (QED) is 0.215. The Morgan fingerprint density at radius 1 is 1.10 bits per heavy atom. The Kier molecular flexibility index (Phi) is 6.16. The van der Waals surface area contributed by atoms with Crippen molar-refractivity contribution in [2.75, 3.05) is 5.32 Å². The summed E-state index contributed by atoms with van der Waals surface area (Å²) in [7, 11) is 0. The number of aliphatic hydroxyl groups is 4. The molecule has 2 aromatic rings. The molecule has 0 spiro atoms. The fraction of sp³-hybridized carbons (Fsp3) is 0.259. The zero-order chi connectivity index (χ0) is 29.3. The largest absolute Gasteiger partial charge is 0.508 e. The van der Waals surface area contributed by atoms with Crippen molar-refractivity contribution in [3.8, 4) is 11.5 Å². The molecule has 3 aliphatic carbocycles. The number of fused-ring (bicyclic) bond motifs is 3. The molecule has 5 rings (SSSR count). The summed E-state index contributed by atoms with van der Waals surface area (Å²) < 4.78 is 18.1. The van der Waals surface area contributed by atoms with Gasteiger partial charge in [-0.2, -0.15) is 0 Å². The van der Waals surface area contributed by atoms with E-state index in [1.54, 1.807) is 6.92 Å². The molecule has 2 amide bonds. The Bertz CT molecular complexity index is 1560. The molecule has 8 N–H and O–H groups in total. The second-order valence-corrected chi connectivity index (χ2v) is 9.88. The van der Waals surface area contributed by atoms with Crippen LogP contribution >= 0.6 is 0 Å². The number of halogens is 1. The number of nitrogens with two attached hydrogens (primary N) is 1. The smallest absolute Gasteiger partial charge is 0.417 e. The molecule has 13 heteroatoms. The van der Waals surface area contributed by atoms with Gasteiger partial charge in [0.05, 0.1) is 17.4 Å². The number of Topliss-reactive ketones (excluding diaryl/α,β-unsaturated/α-hetero) is 2. The number of amides is 2. The van der Waals surface area contributed by atoms with Gasteiger partial charge in [-0.1, -0.05) is 13.0 Å². The zero-order valence-electron chi connectivity index (χ0n) is 20.7. The number of hydrogen-bond donors (Lipinski definition) is 7. The molecular formula is C27H23FN2O10. The number of ether oxygens (including phenoxy) is 1. The van der Waals surface area contributed by atoms with Gasteiger partial charge in [0.1, 0.15) is 34.4 Å². The van der Waals surface area contributed by atoms with E-state index < -0.39 is 93.7 Å². The van der Waals surface area contributed by atoms with E-state index >= 15 is 0 Å². The van der Waals surface area contributed by atoms with Gasteiger partial charge in [0.2, 0.25) is 5.78 Å². The number of carbonyl (C=O) groups is 4. The maximum Gasteiger partial charge on any atom is 0.417 e. The molecular weight excluding hydrogens is 531 g/mol. The minimum Gasteiger partial charge on any atom is -0.508 e. The fourth-order valence-electron chi connectivity index (χ4n) is 5.84. The van der Waals surface area contributed by atoms with Crippen molar-refractivity contribution < 1.29 is 53.8 Å². The summed E-state index contributed by atoms with van der Waals surface area (Å²) in [5, 5.41) is 57.7. The third-order valence-corrected chi connectivity index (χ3v) is 7.76. The summed E-state index contributed by atoms with van der Waals surface area (Å²) in [6.07, 6.45) is -3.41. The lowest BCUT2D eigenvalue weighted by molar-refractivity contribution is -0.160. The van der Waals surface area contributed by atoms with Crippen molar-refractivity contribution in [1.29, 1.82) is 0 Å². The number of aliphatic hydroxyl groups excluding tert-OH is 3.